The van der Waals surface area contributed by atoms with Crippen LogP contribution in [-0.2, 0) is 6.54 Å². The van der Waals surface area contributed by atoms with Crippen LogP contribution in [0, 0.1) is 6.92 Å². The lowest BCUT2D eigenvalue weighted by molar-refractivity contribution is 0.292. The molecule has 0 bridgehead atoms. The van der Waals surface area contributed by atoms with Crippen LogP contribution in [-0.4, -0.2) is 25.2 Å². The average molecular weight is 272 g/mol. The number of hydrogen-bond acceptors (Lipinski definition) is 4. The van der Waals surface area contributed by atoms with E-state index < -0.39 is 0 Å². The molecule has 0 unspecified atom stereocenters. The number of aryl methyl sites for hydroxylation is 1. The number of aromatic nitrogens is 1. The molecule has 0 aliphatic rings. The highest BCUT2D eigenvalue weighted by molar-refractivity contribution is 5.42. The van der Waals surface area contributed by atoms with Crippen LogP contribution in [0.2, 0.25) is 0 Å². The third kappa shape index (κ3) is 4.24. The van der Waals surface area contributed by atoms with E-state index in [1.54, 1.807) is 13.3 Å². The monoisotopic (exact) mass is 272 g/mol. The zero-order chi connectivity index (χ0) is 14.2. The molecule has 1 N–H and O–H groups in total. The number of ether oxygens (including phenoxy) is 2. The molecule has 1 heterocycles. The van der Waals surface area contributed by atoms with Gasteiger partial charge in [0.25, 0.3) is 0 Å². The van der Waals surface area contributed by atoms with E-state index in [0.29, 0.717) is 6.61 Å². The summed E-state index contributed by atoms with van der Waals surface area (Å²) in [7, 11) is 1.66. The Morgan fingerprint density at radius 3 is 2.85 bits per heavy atom. The molecular weight excluding hydrogens is 252 g/mol. The van der Waals surface area contributed by atoms with Crippen molar-refractivity contribution < 1.29 is 9.47 Å². The molecule has 20 heavy (non-hydrogen) atoms. The van der Waals surface area contributed by atoms with Crippen LogP contribution >= 0.6 is 0 Å². The van der Waals surface area contributed by atoms with Gasteiger partial charge in [0.1, 0.15) is 6.61 Å². The lowest BCUT2D eigenvalue weighted by Crippen LogP contribution is -2.20. The van der Waals surface area contributed by atoms with Gasteiger partial charge in [-0.15, -0.1) is 0 Å². The second kappa shape index (κ2) is 7.50. The summed E-state index contributed by atoms with van der Waals surface area (Å²) in [5.41, 5.74) is 2.32. The SMILES string of the molecule is COc1cc(C)ccc1OCCNCc1cccnc1. The highest BCUT2D eigenvalue weighted by atomic mass is 16.5. The lowest BCUT2D eigenvalue weighted by Gasteiger charge is -2.11. The van der Waals surface area contributed by atoms with E-state index in [-0.39, 0.29) is 0 Å². The number of rotatable bonds is 7. The van der Waals surface area contributed by atoms with Gasteiger partial charge >= 0.3 is 0 Å². The minimum atomic E-state index is 0.597. The van der Waals surface area contributed by atoms with Gasteiger partial charge in [-0.25, -0.2) is 0 Å². The number of methoxy groups -OCH3 is 1. The Balaban J connectivity index is 1.73. The van der Waals surface area contributed by atoms with Crippen molar-refractivity contribution in [1.82, 2.24) is 10.3 Å². The maximum absolute atomic E-state index is 5.72. The highest BCUT2D eigenvalue weighted by Gasteiger charge is 2.03. The standard InChI is InChI=1S/C16H20N2O2/c1-13-5-6-15(16(10-13)19-2)20-9-8-18-12-14-4-3-7-17-11-14/h3-7,10-11,18H,8-9,12H2,1-2H3. The molecule has 0 aliphatic carbocycles. The predicted octanol–water partition coefficient (Wildman–Crippen LogP) is 2.57. The summed E-state index contributed by atoms with van der Waals surface area (Å²) in [4.78, 5) is 4.07. The molecule has 0 saturated heterocycles. The molecule has 4 heteroatoms. The fourth-order valence-electron chi connectivity index (χ4n) is 1.86. The van der Waals surface area contributed by atoms with Crippen molar-refractivity contribution in [3.8, 4) is 11.5 Å². The molecule has 1 aromatic heterocycles. The quantitative estimate of drug-likeness (QED) is 0.787. The third-order valence-electron chi connectivity index (χ3n) is 2.91. The maximum Gasteiger partial charge on any atom is 0.161 e. The lowest BCUT2D eigenvalue weighted by atomic mass is 10.2. The number of nitrogens with zero attached hydrogens (tertiary/aromatic N) is 1. The van der Waals surface area contributed by atoms with E-state index in [9.17, 15) is 0 Å². The van der Waals surface area contributed by atoms with Gasteiger partial charge in [0, 0.05) is 25.5 Å². The highest BCUT2D eigenvalue weighted by Crippen LogP contribution is 2.27. The smallest absolute Gasteiger partial charge is 0.161 e. The fourth-order valence-corrected chi connectivity index (χ4v) is 1.86. The summed E-state index contributed by atoms with van der Waals surface area (Å²) in [5.74, 6) is 1.55. The van der Waals surface area contributed by atoms with Gasteiger partial charge in [0.05, 0.1) is 7.11 Å². The summed E-state index contributed by atoms with van der Waals surface area (Å²) in [6.07, 6.45) is 3.63. The van der Waals surface area contributed by atoms with Crippen molar-refractivity contribution >= 4 is 0 Å². The van der Waals surface area contributed by atoms with Gasteiger partial charge < -0.3 is 14.8 Å². The van der Waals surface area contributed by atoms with Crippen molar-refractivity contribution in [2.24, 2.45) is 0 Å². The van der Waals surface area contributed by atoms with Gasteiger partial charge in [0.15, 0.2) is 11.5 Å². The number of hydrogen-bond donors (Lipinski definition) is 1. The molecular formula is C16H20N2O2. The number of benzene rings is 1. The van der Waals surface area contributed by atoms with E-state index in [0.717, 1.165) is 30.2 Å². The van der Waals surface area contributed by atoms with E-state index in [2.05, 4.69) is 10.3 Å². The molecule has 2 rings (SSSR count). The van der Waals surface area contributed by atoms with E-state index >= 15 is 0 Å². The molecule has 2 aromatic rings. The zero-order valence-corrected chi connectivity index (χ0v) is 11.9. The van der Waals surface area contributed by atoms with Crippen molar-refractivity contribution in [2.45, 2.75) is 13.5 Å². The average Bonchev–Trinajstić information content (AvgIpc) is 2.49. The van der Waals surface area contributed by atoms with Crippen LogP contribution in [0.1, 0.15) is 11.1 Å². The molecule has 0 spiro atoms. The largest absolute Gasteiger partial charge is 0.493 e. The molecule has 0 fully saturated rings. The molecule has 0 saturated carbocycles. The second-order valence-electron chi connectivity index (χ2n) is 4.54. The molecule has 106 valence electrons. The van der Waals surface area contributed by atoms with Gasteiger partial charge in [0.2, 0.25) is 0 Å². The topological polar surface area (TPSA) is 43.4 Å². The van der Waals surface area contributed by atoms with E-state index in [1.165, 1.54) is 5.56 Å². The first kappa shape index (κ1) is 14.3. The van der Waals surface area contributed by atoms with E-state index in [1.807, 2.05) is 43.5 Å². The van der Waals surface area contributed by atoms with Crippen molar-refractivity contribution in [3.63, 3.8) is 0 Å². The number of nitrogens with one attached hydrogen (secondary N) is 1. The predicted molar refractivity (Wildman–Crippen MR) is 79.2 cm³/mol. The first-order chi connectivity index (χ1) is 9.79. The Morgan fingerprint density at radius 1 is 1.20 bits per heavy atom. The molecule has 4 nitrogen and oxygen atoms in total. The fraction of sp³-hybridized carbons (Fsp3) is 0.312. The van der Waals surface area contributed by atoms with Crippen LogP contribution < -0.4 is 14.8 Å². The molecule has 0 amide bonds. The van der Waals surface area contributed by atoms with Crippen molar-refractivity contribution in [3.05, 3.63) is 53.9 Å². The summed E-state index contributed by atoms with van der Waals surface area (Å²) in [5, 5.41) is 3.31. The van der Waals surface area contributed by atoms with E-state index in [4.69, 9.17) is 9.47 Å². The van der Waals surface area contributed by atoms with Crippen molar-refractivity contribution in [2.75, 3.05) is 20.3 Å². The summed E-state index contributed by atoms with van der Waals surface area (Å²) >= 11 is 0. The number of pyridine rings is 1. The maximum atomic E-state index is 5.72. The molecule has 0 aliphatic heterocycles. The van der Waals surface area contributed by atoms with Crippen LogP contribution in [0.25, 0.3) is 0 Å². The van der Waals surface area contributed by atoms with Gasteiger partial charge in [-0.3, -0.25) is 4.98 Å². The Labute approximate surface area is 119 Å². The molecule has 0 atom stereocenters. The Morgan fingerprint density at radius 2 is 2.10 bits per heavy atom. The van der Waals surface area contributed by atoms with Crippen LogP contribution in [0.15, 0.2) is 42.7 Å². The third-order valence-corrected chi connectivity index (χ3v) is 2.91. The van der Waals surface area contributed by atoms with Crippen LogP contribution in [0.3, 0.4) is 0 Å². The molecule has 1 aromatic carbocycles. The summed E-state index contributed by atoms with van der Waals surface area (Å²) < 4.78 is 11.0. The summed E-state index contributed by atoms with van der Waals surface area (Å²) in [6.45, 7) is 4.19. The van der Waals surface area contributed by atoms with Crippen LogP contribution in [0.5, 0.6) is 11.5 Å². The Kier molecular flexibility index (Phi) is 5.38. The normalized spacial score (nSPS) is 10.3. The Bertz CT molecular complexity index is 529. The second-order valence-corrected chi connectivity index (χ2v) is 4.54. The minimum absolute atomic E-state index is 0.597. The van der Waals surface area contributed by atoms with Gasteiger partial charge in [-0.2, -0.15) is 0 Å². The first-order valence-corrected chi connectivity index (χ1v) is 6.66. The van der Waals surface area contributed by atoms with Gasteiger partial charge in [-0.1, -0.05) is 12.1 Å². The minimum Gasteiger partial charge on any atom is -0.493 e. The van der Waals surface area contributed by atoms with Crippen LogP contribution in [0.4, 0.5) is 0 Å². The van der Waals surface area contributed by atoms with Gasteiger partial charge in [-0.05, 0) is 36.2 Å². The Hall–Kier alpha value is -2.07. The zero-order valence-electron chi connectivity index (χ0n) is 11.9. The van der Waals surface area contributed by atoms with Crippen molar-refractivity contribution in [1.29, 1.82) is 0 Å². The first-order valence-electron chi connectivity index (χ1n) is 6.66. The summed E-state index contributed by atoms with van der Waals surface area (Å²) in [6, 6.07) is 9.91. The molecule has 0 radical (unpaired) electrons.